The van der Waals surface area contributed by atoms with Crippen LogP contribution in [0.4, 0.5) is 0 Å². The SMILES string of the molecule is CC(O)CCC(=O)OCC(C)(CO)COC(=O)CCC(C)O. The minimum Gasteiger partial charge on any atom is -0.465 e. The van der Waals surface area contributed by atoms with Crippen molar-refractivity contribution in [1.29, 1.82) is 0 Å². The van der Waals surface area contributed by atoms with E-state index in [1.165, 1.54) is 0 Å². The molecule has 2 atom stereocenters. The first-order chi connectivity index (χ1) is 10.2. The summed E-state index contributed by atoms with van der Waals surface area (Å²) in [6, 6.07) is 0. The monoisotopic (exact) mass is 320 g/mol. The fraction of sp³-hybridized carbons (Fsp3) is 0.867. The highest BCUT2D eigenvalue weighted by molar-refractivity contribution is 5.70. The van der Waals surface area contributed by atoms with Gasteiger partial charge in [-0.05, 0) is 26.7 Å². The summed E-state index contributed by atoms with van der Waals surface area (Å²) in [4.78, 5) is 23.0. The molecule has 3 N–H and O–H groups in total. The number of hydrogen-bond acceptors (Lipinski definition) is 7. The lowest BCUT2D eigenvalue weighted by Gasteiger charge is -2.26. The van der Waals surface area contributed by atoms with Gasteiger partial charge in [0.05, 0.1) is 24.2 Å². The molecule has 0 amide bonds. The molecule has 130 valence electrons. The molecule has 0 rings (SSSR count). The molecular formula is C15H28O7. The van der Waals surface area contributed by atoms with E-state index in [0.29, 0.717) is 12.8 Å². The van der Waals surface area contributed by atoms with Crippen molar-refractivity contribution < 1.29 is 34.4 Å². The standard InChI is InChI=1S/C15H28O7/c1-11(17)4-6-13(19)21-9-15(3,8-16)10-22-14(20)7-5-12(2)18/h11-12,16-18H,4-10H2,1-3H3. The van der Waals surface area contributed by atoms with Crippen LogP contribution in [0.5, 0.6) is 0 Å². The summed E-state index contributed by atoms with van der Waals surface area (Å²) in [5.41, 5.74) is -0.874. The van der Waals surface area contributed by atoms with E-state index in [-0.39, 0.29) is 32.7 Å². The maximum Gasteiger partial charge on any atom is 0.305 e. The molecule has 0 aliphatic rings. The van der Waals surface area contributed by atoms with Crippen LogP contribution in [-0.4, -0.2) is 59.3 Å². The normalized spacial score (nSPS) is 16.5. The van der Waals surface area contributed by atoms with Crippen LogP contribution in [0.2, 0.25) is 0 Å². The molecule has 0 aromatic carbocycles. The van der Waals surface area contributed by atoms with Gasteiger partial charge >= 0.3 is 11.9 Å². The number of carbonyl (C=O) groups is 2. The van der Waals surface area contributed by atoms with Gasteiger partial charge in [0.2, 0.25) is 0 Å². The van der Waals surface area contributed by atoms with Crippen molar-refractivity contribution in [3.8, 4) is 0 Å². The smallest absolute Gasteiger partial charge is 0.305 e. The van der Waals surface area contributed by atoms with Gasteiger partial charge in [-0.15, -0.1) is 0 Å². The van der Waals surface area contributed by atoms with E-state index < -0.39 is 29.6 Å². The Balaban J connectivity index is 4.12. The fourth-order valence-corrected chi connectivity index (χ4v) is 1.44. The molecule has 0 saturated heterocycles. The first-order valence-electron chi connectivity index (χ1n) is 7.47. The molecule has 22 heavy (non-hydrogen) atoms. The van der Waals surface area contributed by atoms with Crippen molar-refractivity contribution in [3.05, 3.63) is 0 Å². The van der Waals surface area contributed by atoms with Crippen LogP contribution in [-0.2, 0) is 19.1 Å². The largest absolute Gasteiger partial charge is 0.465 e. The Morgan fingerprint density at radius 1 is 0.955 bits per heavy atom. The van der Waals surface area contributed by atoms with Crippen LogP contribution in [0.1, 0.15) is 46.5 Å². The summed E-state index contributed by atoms with van der Waals surface area (Å²) < 4.78 is 10.1. The van der Waals surface area contributed by atoms with Crippen molar-refractivity contribution in [1.82, 2.24) is 0 Å². The first kappa shape index (κ1) is 20.8. The number of rotatable bonds is 11. The van der Waals surface area contributed by atoms with E-state index in [0.717, 1.165) is 0 Å². The third-order valence-corrected chi connectivity index (χ3v) is 3.08. The van der Waals surface area contributed by atoms with Crippen molar-refractivity contribution in [2.45, 2.75) is 58.7 Å². The Morgan fingerprint density at radius 3 is 1.59 bits per heavy atom. The van der Waals surface area contributed by atoms with Gasteiger partial charge in [0.1, 0.15) is 13.2 Å². The molecule has 7 heteroatoms. The molecule has 0 aromatic heterocycles. The van der Waals surface area contributed by atoms with E-state index in [2.05, 4.69) is 0 Å². The van der Waals surface area contributed by atoms with Crippen molar-refractivity contribution in [2.75, 3.05) is 19.8 Å². The third-order valence-electron chi connectivity index (χ3n) is 3.08. The molecule has 0 radical (unpaired) electrons. The maximum atomic E-state index is 11.5. The van der Waals surface area contributed by atoms with Crippen LogP contribution in [0.15, 0.2) is 0 Å². The predicted octanol–water partition coefficient (Wildman–Crippen LogP) is 0.393. The second-order valence-corrected chi connectivity index (χ2v) is 6.07. The molecule has 0 heterocycles. The summed E-state index contributed by atoms with van der Waals surface area (Å²) in [6.45, 7) is 4.34. The van der Waals surface area contributed by atoms with Gasteiger partial charge in [0.15, 0.2) is 0 Å². The van der Waals surface area contributed by atoms with Gasteiger partial charge in [-0.1, -0.05) is 6.92 Å². The number of hydrogen-bond donors (Lipinski definition) is 3. The Morgan fingerprint density at radius 2 is 1.32 bits per heavy atom. The molecule has 0 bridgehead atoms. The molecular weight excluding hydrogens is 292 g/mol. The van der Waals surface area contributed by atoms with Crippen molar-refractivity contribution in [2.24, 2.45) is 5.41 Å². The Bertz CT molecular complexity index is 311. The summed E-state index contributed by atoms with van der Waals surface area (Å²) in [5.74, 6) is -0.943. The maximum absolute atomic E-state index is 11.5. The third kappa shape index (κ3) is 10.5. The van der Waals surface area contributed by atoms with Crippen molar-refractivity contribution >= 4 is 11.9 Å². The van der Waals surface area contributed by atoms with E-state index in [1.807, 2.05) is 0 Å². The summed E-state index contributed by atoms with van der Waals surface area (Å²) >= 11 is 0. The minimum absolute atomic E-state index is 0.0776. The number of ether oxygens (including phenoxy) is 2. The lowest BCUT2D eigenvalue weighted by atomic mass is 9.94. The number of aliphatic hydroxyl groups is 3. The van der Waals surface area contributed by atoms with Crippen molar-refractivity contribution in [3.63, 3.8) is 0 Å². The van der Waals surface area contributed by atoms with Crippen LogP contribution < -0.4 is 0 Å². The van der Waals surface area contributed by atoms with E-state index in [4.69, 9.17) is 19.7 Å². The average Bonchev–Trinajstić information content (AvgIpc) is 2.46. The summed E-state index contributed by atoms with van der Waals surface area (Å²) in [7, 11) is 0. The highest BCUT2D eigenvalue weighted by Gasteiger charge is 2.28. The molecule has 0 fully saturated rings. The lowest BCUT2D eigenvalue weighted by molar-refractivity contribution is -0.155. The topological polar surface area (TPSA) is 113 Å². The molecule has 0 saturated carbocycles. The van der Waals surface area contributed by atoms with Gasteiger partial charge < -0.3 is 24.8 Å². The molecule has 0 aromatic rings. The Hall–Kier alpha value is -1.18. The highest BCUT2D eigenvalue weighted by atomic mass is 16.5. The average molecular weight is 320 g/mol. The van der Waals surface area contributed by atoms with Gasteiger partial charge in [-0.2, -0.15) is 0 Å². The summed E-state index contributed by atoms with van der Waals surface area (Å²) in [5, 5.41) is 27.6. The van der Waals surface area contributed by atoms with Gasteiger partial charge in [-0.25, -0.2) is 0 Å². The van der Waals surface area contributed by atoms with Gasteiger partial charge in [-0.3, -0.25) is 9.59 Å². The zero-order valence-electron chi connectivity index (χ0n) is 13.6. The Labute approximate surface area is 131 Å². The molecule has 2 unspecified atom stereocenters. The second kappa shape index (κ2) is 10.5. The van der Waals surface area contributed by atoms with Crippen LogP contribution in [0, 0.1) is 5.41 Å². The molecule has 7 nitrogen and oxygen atoms in total. The number of aliphatic hydroxyl groups excluding tert-OH is 3. The summed E-state index contributed by atoms with van der Waals surface area (Å²) in [6.07, 6.45) is -0.356. The van der Waals surface area contributed by atoms with E-state index >= 15 is 0 Å². The van der Waals surface area contributed by atoms with E-state index in [9.17, 15) is 14.7 Å². The minimum atomic E-state index is -0.874. The predicted molar refractivity (Wildman–Crippen MR) is 78.9 cm³/mol. The van der Waals surface area contributed by atoms with Gasteiger partial charge in [0, 0.05) is 12.8 Å². The second-order valence-electron chi connectivity index (χ2n) is 6.07. The quantitative estimate of drug-likeness (QED) is 0.472. The zero-order chi connectivity index (χ0) is 17.2. The molecule has 0 aliphatic carbocycles. The molecule has 0 aliphatic heterocycles. The van der Waals surface area contributed by atoms with Crippen LogP contribution in [0.25, 0.3) is 0 Å². The highest BCUT2D eigenvalue weighted by Crippen LogP contribution is 2.18. The van der Waals surface area contributed by atoms with Crippen LogP contribution in [0.3, 0.4) is 0 Å². The zero-order valence-corrected chi connectivity index (χ0v) is 13.6. The number of carbonyl (C=O) groups excluding carboxylic acids is 2. The van der Waals surface area contributed by atoms with Gasteiger partial charge in [0.25, 0.3) is 0 Å². The first-order valence-corrected chi connectivity index (χ1v) is 7.47. The van der Waals surface area contributed by atoms with Crippen LogP contribution >= 0.6 is 0 Å². The Kier molecular flexibility index (Phi) is 9.97. The lowest BCUT2D eigenvalue weighted by Crippen LogP contribution is -2.35. The fourth-order valence-electron chi connectivity index (χ4n) is 1.44. The van der Waals surface area contributed by atoms with E-state index in [1.54, 1.807) is 20.8 Å². The number of esters is 2. The molecule has 0 spiro atoms.